The molecule has 0 N–H and O–H groups in total. The molecule has 0 unspecified atom stereocenters. The topological polar surface area (TPSA) is 18.5 Å². The first-order chi connectivity index (χ1) is 9.86. The van der Waals surface area contributed by atoms with E-state index in [0.717, 1.165) is 37.2 Å². The van der Waals surface area contributed by atoms with Crippen LogP contribution >= 0.6 is 0 Å². The minimum atomic E-state index is 0.676. The van der Waals surface area contributed by atoms with Crippen LogP contribution in [0.2, 0.25) is 0 Å². The average Bonchev–Trinajstić information content (AvgIpc) is 2.47. The van der Waals surface area contributed by atoms with Crippen LogP contribution in [-0.4, -0.2) is 13.2 Å². The zero-order valence-electron chi connectivity index (χ0n) is 12.6. The number of hydrogen-bond acceptors (Lipinski definition) is 2. The quantitative estimate of drug-likeness (QED) is 0.443. The molecular weight excluding hydrogens is 248 g/mol. The number of ether oxygens (including phenoxy) is 2. The Morgan fingerprint density at radius 3 is 2.25 bits per heavy atom. The second-order valence-electron chi connectivity index (χ2n) is 4.42. The smallest absolute Gasteiger partial charge is 0.130 e. The van der Waals surface area contributed by atoms with Gasteiger partial charge >= 0.3 is 0 Å². The number of benzene rings is 1. The molecule has 1 aromatic carbocycles. The fourth-order valence-electron chi connectivity index (χ4n) is 1.65. The van der Waals surface area contributed by atoms with Crippen LogP contribution in [0.25, 0.3) is 0 Å². The van der Waals surface area contributed by atoms with Crippen molar-refractivity contribution in [3.63, 3.8) is 0 Å². The third-order valence-electron chi connectivity index (χ3n) is 2.65. The molecule has 20 heavy (non-hydrogen) atoms. The maximum absolute atomic E-state index is 5.67. The van der Waals surface area contributed by atoms with Gasteiger partial charge in [-0.25, -0.2) is 0 Å². The summed E-state index contributed by atoms with van der Waals surface area (Å²) in [7, 11) is 0. The fraction of sp³-hybridized carbons (Fsp3) is 0.444. The predicted octanol–water partition coefficient (Wildman–Crippen LogP) is 4.96. The van der Waals surface area contributed by atoms with Gasteiger partial charge < -0.3 is 9.47 Å². The molecule has 109 valence electrons. The Morgan fingerprint density at radius 2 is 1.60 bits per heavy atom. The first kappa shape index (κ1) is 16.4. The molecule has 0 aliphatic carbocycles. The van der Waals surface area contributed by atoms with E-state index in [2.05, 4.69) is 44.2 Å². The van der Waals surface area contributed by atoms with E-state index in [-0.39, 0.29) is 0 Å². The monoisotopic (exact) mass is 273 g/mol. The summed E-state index contributed by atoms with van der Waals surface area (Å²) in [6, 6.07) is 8.72. The first-order valence-corrected chi connectivity index (χ1v) is 7.44. The Kier molecular flexibility index (Phi) is 9.12. The lowest BCUT2D eigenvalue weighted by Crippen LogP contribution is -1.98. The second-order valence-corrected chi connectivity index (χ2v) is 4.42. The van der Waals surface area contributed by atoms with Crippen LogP contribution < -0.4 is 9.47 Å². The summed E-state index contributed by atoms with van der Waals surface area (Å²) >= 11 is 0. The van der Waals surface area contributed by atoms with Gasteiger partial charge in [-0.1, -0.05) is 38.2 Å². The van der Waals surface area contributed by atoms with Crippen molar-refractivity contribution in [2.45, 2.75) is 39.5 Å². The van der Waals surface area contributed by atoms with E-state index in [1.54, 1.807) is 0 Å². The van der Waals surface area contributed by atoms with Crippen molar-refractivity contribution in [1.82, 2.24) is 0 Å². The summed E-state index contributed by atoms with van der Waals surface area (Å²) in [6.07, 6.45) is 12.6. The zero-order valence-corrected chi connectivity index (χ0v) is 12.6. The van der Waals surface area contributed by atoms with Crippen LogP contribution in [0.4, 0.5) is 0 Å². The van der Waals surface area contributed by atoms with Gasteiger partial charge in [-0.2, -0.15) is 0 Å². The van der Waals surface area contributed by atoms with Gasteiger partial charge in [0.2, 0.25) is 0 Å². The molecule has 0 saturated heterocycles. The van der Waals surface area contributed by atoms with Crippen LogP contribution in [0.3, 0.4) is 0 Å². The highest BCUT2D eigenvalue weighted by Crippen LogP contribution is 2.19. The van der Waals surface area contributed by atoms with Crippen molar-refractivity contribution < 1.29 is 9.47 Å². The molecular formula is C18H25O2. The summed E-state index contributed by atoms with van der Waals surface area (Å²) in [6.45, 7) is 5.63. The van der Waals surface area contributed by atoms with Crippen molar-refractivity contribution in [2.24, 2.45) is 0 Å². The molecule has 0 amide bonds. The summed E-state index contributed by atoms with van der Waals surface area (Å²) < 4.78 is 11.3. The predicted molar refractivity (Wildman–Crippen MR) is 84.4 cm³/mol. The van der Waals surface area contributed by atoms with Crippen molar-refractivity contribution in [1.29, 1.82) is 0 Å². The molecule has 0 fully saturated rings. The summed E-state index contributed by atoms with van der Waals surface area (Å²) in [5.74, 6) is 1.59. The molecule has 1 radical (unpaired) electrons. The van der Waals surface area contributed by atoms with Gasteiger partial charge in [0.15, 0.2) is 0 Å². The van der Waals surface area contributed by atoms with E-state index >= 15 is 0 Å². The first-order valence-electron chi connectivity index (χ1n) is 7.44. The SMILES string of the molecule is CC/C=C/CCOc1[c]ccc(OCC/C=C/CC)c1. The molecule has 0 bridgehead atoms. The molecule has 1 rings (SSSR count). The van der Waals surface area contributed by atoms with Gasteiger partial charge in [-0.05, 0) is 37.8 Å². The number of allylic oxidation sites excluding steroid dienone is 2. The Hall–Kier alpha value is -1.70. The van der Waals surface area contributed by atoms with Crippen molar-refractivity contribution in [3.8, 4) is 11.5 Å². The highest BCUT2D eigenvalue weighted by atomic mass is 16.5. The Morgan fingerprint density at radius 1 is 0.950 bits per heavy atom. The van der Waals surface area contributed by atoms with Crippen molar-refractivity contribution in [2.75, 3.05) is 13.2 Å². The van der Waals surface area contributed by atoms with Crippen LogP contribution in [0.15, 0.2) is 42.5 Å². The van der Waals surface area contributed by atoms with E-state index in [1.165, 1.54) is 0 Å². The Bertz CT molecular complexity index is 372. The van der Waals surface area contributed by atoms with Crippen LogP contribution in [0.1, 0.15) is 39.5 Å². The van der Waals surface area contributed by atoms with Crippen molar-refractivity contribution >= 4 is 0 Å². The molecule has 0 atom stereocenters. The molecule has 2 nitrogen and oxygen atoms in total. The minimum Gasteiger partial charge on any atom is -0.493 e. The van der Waals surface area contributed by atoms with Gasteiger partial charge in [0.05, 0.1) is 13.2 Å². The Balaban J connectivity index is 2.29. The summed E-state index contributed by atoms with van der Waals surface area (Å²) in [4.78, 5) is 0. The lowest BCUT2D eigenvalue weighted by Gasteiger charge is -2.08. The Labute approximate surface area is 123 Å². The molecule has 0 heterocycles. The van der Waals surface area contributed by atoms with Crippen LogP contribution in [0.5, 0.6) is 11.5 Å². The minimum absolute atomic E-state index is 0.676. The van der Waals surface area contributed by atoms with E-state index in [9.17, 15) is 0 Å². The number of rotatable bonds is 10. The highest BCUT2D eigenvalue weighted by Gasteiger charge is 1.97. The van der Waals surface area contributed by atoms with Gasteiger partial charge in [0.25, 0.3) is 0 Å². The lowest BCUT2D eigenvalue weighted by molar-refractivity contribution is 0.308. The van der Waals surface area contributed by atoms with E-state index in [4.69, 9.17) is 9.47 Å². The normalized spacial score (nSPS) is 11.3. The molecule has 0 aliphatic rings. The molecule has 0 aromatic heterocycles. The molecule has 0 aliphatic heterocycles. The molecule has 2 heteroatoms. The van der Waals surface area contributed by atoms with Gasteiger partial charge in [-0.15, -0.1) is 0 Å². The molecule has 0 saturated carbocycles. The summed E-state index contributed by atoms with van der Waals surface area (Å²) in [5.41, 5.74) is 0. The zero-order chi connectivity index (χ0) is 14.5. The van der Waals surface area contributed by atoms with Crippen molar-refractivity contribution in [3.05, 3.63) is 48.6 Å². The van der Waals surface area contributed by atoms with Gasteiger partial charge in [-0.3, -0.25) is 0 Å². The summed E-state index contributed by atoms with van der Waals surface area (Å²) in [5, 5.41) is 0. The number of hydrogen-bond donors (Lipinski definition) is 0. The second kappa shape index (κ2) is 11.2. The van der Waals surface area contributed by atoms with Crippen LogP contribution in [-0.2, 0) is 0 Å². The molecule has 0 spiro atoms. The lowest BCUT2D eigenvalue weighted by atomic mass is 10.3. The standard InChI is InChI=1S/C18H25O2/c1-3-5-7-9-14-19-17-12-11-13-18(16-17)20-15-10-8-6-4-2/h5-8,11-12,16H,3-4,9-10,14-15H2,1-2H3/b7-5+,8-6+. The fourth-order valence-corrected chi connectivity index (χ4v) is 1.65. The van der Waals surface area contributed by atoms with Gasteiger partial charge in [0, 0.05) is 12.1 Å². The highest BCUT2D eigenvalue weighted by molar-refractivity contribution is 5.31. The third-order valence-corrected chi connectivity index (χ3v) is 2.65. The largest absolute Gasteiger partial charge is 0.493 e. The molecule has 1 aromatic rings. The van der Waals surface area contributed by atoms with E-state index in [0.29, 0.717) is 13.2 Å². The van der Waals surface area contributed by atoms with E-state index in [1.807, 2.05) is 18.2 Å². The maximum Gasteiger partial charge on any atom is 0.130 e. The van der Waals surface area contributed by atoms with E-state index < -0.39 is 0 Å². The van der Waals surface area contributed by atoms with Gasteiger partial charge in [0.1, 0.15) is 11.5 Å². The average molecular weight is 273 g/mol. The third kappa shape index (κ3) is 7.67. The van der Waals surface area contributed by atoms with Crippen LogP contribution in [0, 0.1) is 6.07 Å². The maximum atomic E-state index is 5.67.